The fourth-order valence-corrected chi connectivity index (χ4v) is 7.94. The highest BCUT2D eigenvalue weighted by atomic mass is 35.5. The Labute approximate surface area is 232 Å². The summed E-state index contributed by atoms with van der Waals surface area (Å²) in [6, 6.07) is 6.92. The van der Waals surface area contributed by atoms with E-state index in [1.165, 1.54) is 21.0 Å². The molecule has 0 amide bonds. The third-order valence-corrected chi connectivity index (χ3v) is 10.7. The van der Waals surface area contributed by atoms with Crippen molar-refractivity contribution in [1.82, 2.24) is 18.6 Å². The first-order valence-electron chi connectivity index (χ1n) is 11.5. The van der Waals surface area contributed by atoms with E-state index in [0.29, 0.717) is 47.9 Å². The SMILES string of the molecule is O=[PH](OCS(=O)(=O)N1CCN(c2ccc(Cl)cn2)CC1)OCS(=O)(=O)N1CCN(c2ccc(Cl)cn2)CC1. The normalized spacial score (nSPS) is 18.3. The average molecular weight is 629 g/mol. The molecule has 2 saturated heterocycles. The van der Waals surface area contributed by atoms with Gasteiger partial charge in [0.05, 0.1) is 10.0 Å². The van der Waals surface area contributed by atoms with Crippen molar-refractivity contribution in [2.24, 2.45) is 0 Å². The van der Waals surface area contributed by atoms with Crippen LogP contribution in [0.15, 0.2) is 36.7 Å². The van der Waals surface area contributed by atoms with Crippen LogP contribution in [-0.4, -0.2) is 99.6 Å². The second-order valence-corrected chi connectivity index (χ2v) is 14.2. The number of sulfonamides is 2. The maximum Gasteiger partial charge on any atom is 0.321 e. The van der Waals surface area contributed by atoms with Crippen molar-refractivity contribution < 1.29 is 30.4 Å². The number of piperazine rings is 2. The van der Waals surface area contributed by atoms with Crippen molar-refractivity contribution in [2.75, 3.05) is 74.0 Å². The molecule has 0 aliphatic carbocycles. The molecular formula is C20H27Cl2N6O7PS2. The Hall–Kier alpha value is -1.55. The van der Waals surface area contributed by atoms with E-state index in [-0.39, 0.29) is 26.2 Å². The third kappa shape index (κ3) is 7.77. The smallest absolute Gasteiger partial charge is 0.321 e. The van der Waals surface area contributed by atoms with Gasteiger partial charge in [0.2, 0.25) is 20.0 Å². The van der Waals surface area contributed by atoms with E-state index < -0.39 is 40.2 Å². The van der Waals surface area contributed by atoms with E-state index in [1.807, 2.05) is 9.80 Å². The van der Waals surface area contributed by atoms with Gasteiger partial charge in [-0.05, 0) is 24.3 Å². The summed E-state index contributed by atoms with van der Waals surface area (Å²) in [7, 11) is -11.2. The van der Waals surface area contributed by atoms with Gasteiger partial charge in [0.15, 0.2) is 11.9 Å². The first kappa shape index (κ1) is 29.4. The van der Waals surface area contributed by atoms with Gasteiger partial charge in [0.25, 0.3) is 0 Å². The number of anilines is 2. The van der Waals surface area contributed by atoms with Crippen LogP contribution in [0.25, 0.3) is 0 Å². The molecule has 2 fully saturated rings. The van der Waals surface area contributed by atoms with Gasteiger partial charge in [-0.3, -0.25) is 13.6 Å². The molecule has 2 aliphatic heterocycles. The molecular weight excluding hydrogens is 602 g/mol. The molecule has 13 nitrogen and oxygen atoms in total. The number of pyridine rings is 2. The molecule has 38 heavy (non-hydrogen) atoms. The molecule has 4 rings (SSSR count). The van der Waals surface area contributed by atoms with E-state index in [0.717, 1.165) is 0 Å². The second-order valence-electron chi connectivity index (χ2n) is 8.44. The quantitative estimate of drug-likeness (QED) is 0.355. The standard InChI is InChI=1S/C20H27Cl2N6O7PS2/c21-17-1-3-19(23-13-17)25-5-9-27(10-6-25)37(30,31)15-34-36(29)35-16-38(32,33)28-11-7-26(8-12-28)20-4-2-18(22)14-24-20/h1-4,13-14,36H,5-12,15-16H2. The number of hydrogen-bond acceptors (Lipinski definition) is 11. The molecule has 2 aliphatic rings. The lowest BCUT2D eigenvalue weighted by Crippen LogP contribution is -2.49. The Morgan fingerprint density at radius 1 is 0.684 bits per heavy atom. The zero-order valence-electron chi connectivity index (χ0n) is 20.1. The van der Waals surface area contributed by atoms with Gasteiger partial charge < -0.3 is 9.80 Å². The van der Waals surface area contributed by atoms with Crippen LogP contribution >= 0.6 is 31.5 Å². The van der Waals surface area contributed by atoms with Gasteiger partial charge in [0, 0.05) is 64.8 Å². The Kier molecular flexibility index (Phi) is 9.87. The molecule has 0 radical (unpaired) electrons. The fourth-order valence-electron chi connectivity index (χ4n) is 3.94. The topological polar surface area (TPSA) is 143 Å². The molecule has 0 spiro atoms. The third-order valence-electron chi connectivity index (χ3n) is 5.99. The van der Waals surface area contributed by atoms with Gasteiger partial charge in [-0.15, -0.1) is 0 Å². The van der Waals surface area contributed by atoms with E-state index in [2.05, 4.69) is 9.97 Å². The van der Waals surface area contributed by atoms with Crippen LogP contribution in [0.3, 0.4) is 0 Å². The lowest BCUT2D eigenvalue weighted by molar-refractivity contribution is 0.262. The van der Waals surface area contributed by atoms with E-state index in [1.54, 1.807) is 24.3 Å². The molecule has 0 bridgehead atoms. The maximum absolute atomic E-state index is 12.6. The van der Waals surface area contributed by atoms with Crippen molar-refractivity contribution in [1.29, 1.82) is 0 Å². The van der Waals surface area contributed by atoms with Gasteiger partial charge >= 0.3 is 8.25 Å². The number of hydrogen-bond donors (Lipinski definition) is 0. The molecule has 0 unspecified atom stereocenters. The molecule has 0 atom stereocenters. The number of rotatable bonds is 10. The Bertz CT molecular complexity index is 1220. The second kappa shape index (κ2) is 12.7. The van der Waals surface area contributed by atoms with Crippen LogP contribution in [0, 0.1) is 0 Å². The van der Waals surface area contributed by atoms with Crippen molar-refractivity contribution >= 4 is 63.1 Å². The Balaban J connectivity index is 1.19. The summed E-state index contributed by atoms with van der Waals surface area (Å²) in [4.78, 5) is 12.3. The summed E-state index contributed by atoms with van der Waals surface area (Å²) in [5.74, 6) is -0.385. The molecule has 18 heteroatoms. The van der Waals surface area contributed by atoms with Crippen molar-refractivity contribution in [3.8, 4) is 0 Å². The van der Waals surface area contributed by atoms with Gasteiger partial charge in [0.1, 0.15) is 11.6 Å². The average Bonchev–Trinajstić information content (AvgIpc) is 2.92. The minimum Gasteiger partial charge on any atom is -0.354 e. The van der Waals surface area contributed by atoms with Gasteiger partial charge in [-0.2, -0.15) is 8.61 Å². The first-order chi connectivity index (χ1) is 18.0. The molecule has 0 saturated carbocycles. The van der Waals surface area contributed by atoms with Gasteiger partial charge in [-0.25, -0.2) is 26.8 Å². The van der Waals surface area contributed by atoms with E-state index in [4.69, 9.17) is 32.2 Å². The first-order valence-corrected chi connectivity index (χ1v) is 16.7. The van der Waals surface area contributed by atoms with Crippen molar-refractivity contribution in [2.45, 2.75) is 0 Å². The minimum absolute atomic E-state index is 0.184. The summed E-state index contributed by atoms with van der Waals surface area (Å²) >= 11 is 11.7. The Morgan fingerprint density at radius 2 is 1.05 bits per heavy atom. The number of halogens is 2. The predicted molar refractivity (Wildman–Crippen MR) is 145 cm³/mol. The molecule has 210 valence electrons. The van der Waals surface area contributed by atoms with Crippen LogP contribution in [0.4, 0.5) is 11.6 Å². The Morgan fingerprint density at radius 3 is 1.37 bits per heavy atom. The van der Waals surface area contributed by atoms with E-state index in [9.17, 15) is 21.4 Å². The predicted octanol–water partition coefficient (Wildman–Crippen LogP) is 1.73. The lowest BCUT2D eigenvalue weighted by Gasteiger charge is -2.34. The largest absolute Gasteiger partial charge is 0.354 e. The number of aromatic nitrogens is 2. The molecule has 4 heterocycles. The highest BCUT2D eigenvalue weighted by Gasteiger charge is 2.30. The van der Waals surface area contributed by atoms with Crippen LogP contribution < -0.4 is 9.80 Å². The zero-order chi connectivity index (χ0) is 27.3. The summed E-state index contributed by atoms with van der Waals surface area (Å²) in [6.07, 6.45) is 3.04. The summed E-state index contributed by atoms with van der Waals surface area (Å²) < 4.78 is 74.9. The van der Waals surface area contributed by atoms with Crippen LogP contribution in [0.1, 0.15) is 0 Å². The zero-order valence-corrected chi connectivity index (χ0v) is 24.3. The molecule has 0 aromatic carbocycles. The highest BCUT2D eigenvalue weighted by Crippen LogP contribution is 2.27. The summed E-state index contributed by atoms with van der Waals surface area (Å²) in [6.45, 7) is 2.34. The van der Waals surface area contributed by atoms with Crippen LogP contribution in [0.5, 0.6) is 0 Å². The summed E-state index contributed by atoms with van der Waals surface area (Å²) in [5.41, 5.74) is 0. The molecule has 2 aromatic rings. The van der Waals surface area contributed by atoms with Gasteiger partial charge in [-0.1, -0.05) is 23.2 Å². The summed E-state index contributed by atoms with van der Waals surface area (Å²) in [5, 5.41) is 1.01. The maximum atomic E-state index is 12.6. The fraction of sp³-hybridized carbons (Fsp3) is 0.500. The highest BCUT2D eigenvalue weighted by molar-refractivity contribution is 7.89. The lowest BCUT2D eigenvalue weighted by atomic mass is 10.3. The van der Waals surface area contributed by atoms with Crippen molar-refractivity contribution in [3.05, 3.63) is 46.7 Å². The number of nitrogens with zero attached hydrogens (tertiary/aromatic N) is 6. The van der Waals surface area contributed by atoms with Crippen LogP contribution in [-0.2, 0) is 33.7 Å². The van der Waals surface area contributed by atoms with Crippen molar-refractivity contribution in [3.63, 3.8) is 0 Å². The monoisotopic (exact) mass is 628 g/mol. The molecule has 0 N–H and O–H groups in total. The minimum atomic E-state index is -3.89. The molecule has 2 aromatic heterocycles. The van der Waals surface area contributed by atoms with E-state index >= 15 is 0 Å². The van der Waals surface area contributed by atoms with Crippen LogP contribution in [0.2, 0.25) is 10.0 Å².